The van der Waals surface area contributed by atoms with Gasteiger partial charge in [0.1, 0.15) is 16.6 Å². The van der Waals surface area contributed by atoms with Crippen LogP contribution in [0.1, 0.15) is 24.0 Å². The molecule has 2 aromatic rings. The van der Waals surface area contributed by atoms with Crippen LogP contribution in [-0.4, -0.2) is 64.2 Å². The third kappa shape index (κ3) is 7.17. The summed E-state index contributed by atoms with van der Waals surface area (Å²) in [6.07, 6.45) is 1.62. The van der Waals surface area contributed by atoms with Crippen molar-refractivity contribution in [2.75, 3.05) is 39.1 Å². The van der Waals surface area contributed by atoms with Crippen LogP contribution in [0.3, 0.4) is 0 Å². The highest BCUT2D eigenvalue weighted by atomic mass is 35.5. The molecule has 0 saturated carbocycles. The average Bonchev–Trinajstić information content (AvgIpc) is 3.32. The number of aliphatic imine (C=N–C) groups is 1. The fourth-order valence-corrected chi connectivity index (χ4v) is 5.85. The van der Waals surface area contributed by atoms with E-state index in [4.69, 9.17) is 23.2 Å². The fourth-order valence-electron chi connectivity index (χ4n) is 3.46. The van der Waals surface area contributed by atoms with Crippen molar-refractivity contribution in [1.82, 2.24) is 15.5 Å². The molecule has 33 heavy (non-hydrogen) atoms. The van der Waals surface area contributed by atoms with Gasteiger partial charge in [-0.3, -0.25) is 9.79 Å². The van der Waals surface area contributed by atoms with Crippen LogP contribution in [0.4, 0.5) is 0 Å². The molecule has 0 fully saturated rings. The van der Waals surface area contributed by atoms with Crippen molar-refractivity contribution in [2.45, 2.75) is 24.2 Å². The SMILES string of the molecule is CN(CCc1ccc(C2=NCCN2)cc1)C(=O)CCCNCS(=O)(=O)c1c(Cl)cccc1Cl. The molecule has 1 aliphatic rings. The van der Waals surface area contributed by atoms with Crippen LogP contribution in [0.15, 0.2) is 52.4 Å². The Bertz CT molecular complexity index is 1080. The van der Waals surface area contributed by atoms with Crippen molar-refractivity contribution in [2.24, 2.45) is 4.99 Å². The molecule has 1 aliphatic heterocycles. The van der Waals surface area contributed by atoms with E-state index in [1.165, 1.54) is 12.1 Å². The average molecular weight is 511 g/mol. The maximum Gasteiger partial charge on any atom is 0.222 e. The van der Waals surface area contributed by atoms with Crippen molar-refractivity contribution in [3.8, 4) is 0 Å². The molecule has 0 saturated heterocycles. The molecule has 7 nitrogen and oxygen atoms in total. The molecule has 0 aliphatic carbocycles. The third-order valence-corrected chi connectivity index (χ3v) is 7.83. The molecule has 1 amide bonds. The van der Waals surface area contributed by atoms with Crippen molar-refractivity contribution in [3.05, 3.63) is 63.6 Å². The highest BCUT2D eigenvalue weighted by Crippen LogP contribution is 2.29. The molecule has 0 unspecified atom stereocenters. The van der Waals surface area contributed by atoms with E-state index in [0.29, 0.717) is 25.9 Å². The van der Waals surface area contributed by atoms with Crippen LogP contribution in [-0.2, 0) is 21.1 Å². The summed E-state index contributed by atoms with van der Waals surface area (Å²) in [7, 11) is -1.89. The van der Waals surface area contributed by atoms with E-state index < -0.39 is 9.84 Å². The van der Waals surface area contributed by atoms with E-state index in [1.807, 2.05) is 12.1 Å². The highest BCUT2D eigenvalue weighted by Gasteiger charge is 2.21. The topological polar surface area (TPSA) is 90.9 Å². The molecule has 1 heterocycles. The molecule has 0 spiro atoms. The summed E-state index contributed by atoms with van der Waals surface area (Å²) in [5.74, 6) is 0.665. The van der Waals surface area contributed by atoms with Gasteiger partial charge in [-0.25, -0.2) is 8.42 Å². The number of nitrogens with one attached hydrogen (secondary N) is 2. The lowest BCUT2D eigenvalue weighted by molar-refractivity contribution is -0.129. The number of amides is 1. The Kier molecular flexibility index (Phi) is 9.14. The van der Waals surface area contributed by atoms with Crippen LogP contribution in [0.25, 0.3) is 0 Å². The van der Waals surface area contributed by atoms with Gasteiger partial charge < -0.3 is 15.5 Å². The standard InChI is InChI=1S/C23H28Cl2N4O3S/c1-29(15-11-17-7-9-18(10-8-17)23-27-13-14-28-23)21(30)6-3-12-26-16-33(31,32)22-19(24)4-2-5-20(22)25/h2,4-5,7-10,26H,3,6,11-16H2,1H3,(H,27,28). The predicted molar refractivity (Wildman–Crippen MR) is 133 cm³/mol. The first-order chi connectivity index (χ1) is 15.8. The van der Waals surface area contributed by atoms with Gasteiger partial charge in [-0.15, -0.1) is 0 Å². The van der Waals surface area contributed by atoms with Gasteiger partial charge >= 0.3 is 0 Å². The molecule has 10 heteroatoms. The first kappa shape index (κ1) is 25.5. The number of halogens is 2. The first-order valence-electron chi connectivity index (χ1n) is 10.8. The Labute approximate surface area is 205 Å². The first-order valence-corrected chi connectivity index (χ1v) is 13.2. The van der Waals surface area contributed by atoms with E-state index in [2.05, 4.69) is 27.8 Å². The largest absolute Gasteiger partial charge is 0.368 e. The molecular formula is C23H28Cl2N4O3S. The molecule has 2 aromatic carbocycles. The van der Waals surface area contributed by atoms with Gasteiger partial charge in [0.05, 0.1) is 16.6 Å². The van der Waals surface area contributed by atoms with Crippen molar-refractivity contribution in [1.29, 1.82) is 0 Å². The highest BCUT2D eigenvalue weighted by molar-refractivity contribution is 7.91. The summed E-state index contributed by atoms with van der Waals surface area (Å²) >= 11 is 12.0. The van der Waals surface area contributed by atoms with Crippen LogP contribution < -0.4 is 10.6 Å². The number of likely N-dealkylation sites (N-methyl/N-ethyl adjacent to an activating group) is 1. The second kappa shape index (κ2) is 11.8. The summed E-state index contributed by atoms with van der Waals surface area (Å²) in [6, 6.07) is 12.8. The summed E-state index contributed by atoms with van der Waals surface area (Å²) in [4.78, 5) is 18.4. The number of sulfone groups is 1. The number of amidine groups is 1. The van der Waals surface area contributed by atoms with Crippen LogP contribution in [0.5, 0.6) is 0 Å². The Balaban J connectivity index is 1.36. The quantitative estimate of drug-likeness (QED) is 0.453. The van der Waals surface area contributed by atoms with Gasteiger partial charge in [-0.2, -0.15) is 0 Å². The minimum atomic E-state index is -3.67. The number of hydrogen-bond donors (Lipinski definition) is 2. The Hall–Kier alpha value is -2.13. The fraction of sp³-hybridized carbons (Fsp3) is 0.391. The second-order valence-corrected chi connectivity index (χ2v) is 10.6. The van der Waals surface area contributed by atoms with E-state index in [0.717, 1.165) is 36.5 Å². The Morgan fingerprint density at radius 3 is 2.48 bits per heavy atom. The van der Waals surface area contributed by atoms with Gasteiger partial charge in [-0.05, 0) is 37.1 Å². The van der Waals surface area contributed by atoms with Crippen LogP contribution >= 0.6 is 23.2 Å². The molecule has 178 valence electrons. The Morgan fingerprint density at radius 1 is 1.15 bits per heavy atom. The molecule has 0 radical (unpaired) electrons. The number of hydrogen-bond acceptors (Lipinski definition) is 6. The number of benzene rings is 2. The van der Waals surface area contributed by atoms with E-state index in [9.17, 15) is 13.2 Å². The normalized spacial score (nSPS) is 13.5. The molecule has 0 atom stereocenters. The third-order valence-electron chi connectivity index (χ3n) is 5.33. The number of rotatable bonds is 11. The van der Waals surface area contributed by atoms with Gasteiger partial charge in [-0.1, -0.05) is 53.5 Å². The lowest BCUT2D eigenvalue weighted by Crippen LogP contribution is -2.30. The summed E-state index contributed by atoms with van der Waals surface area (Å²) in [5.41, 5.74) is 2.23. The van der Waals surface area contributed by atoms with Gasteiger partial charge in [0.2, 0.25) is 5.91 Å². The van der Waals surface area contributed by atoms with Crippen LogP contribution in [0, 0.1) is 0 Å². The molecule has 0 bridgehead atoms. The minimum absolute atomic E-state index is 0.0231. The summed E-state index contributed by atoms with van der Waals surface area (Å²) < 4.78 is 25.0. The Morgan fingerprint density at radius 2 is 1.85 bits per heavy atom. The van der Waals surface area contributed by atoms with Crippen LogP contribution in [0.2, 0.25) is 10.0 Å². The lowest BCUT2D eigenvalue weighted by Gasteiger charge is -2.17. The van der Waals surface area contributed by atoms with Crippen molar-refractivity contribution < 1.29 is 13.2 Å². The lowest BCUT2D eigenvalue weighted by atomic mass is 10.1. The second-order valence-electron chi connectivity index (χ2n) is 7.83. The van der Waals surface area contributed by atoms with E-state index in [1.54, 1.807) is 18.0 Å². The zero-order valence-corrected chi connectivity index (χ0v) is 20.8. The van der Waals surface area contributed by atoms with Crippen molar-refractivity contribution in [3.63, 3.8) is 0 Å². The van der Waals surface area contributed by atoms with Crippen molar-refractivity contribution >= 4 is 44.8 Å². The number of carbonyl (C=O) groups is 1. The van der Waals surface area contributed by atoms with E-state index in [-0.39, 0.29) is 26.7 Å². The summed E-state index contributed by atoms with van der Waals surface area (Å²) in [5, 5.41) is 6.32. The van der Waals surface area contributed by atoms with Gasteiger partial charge in [0.15, 0.2) is 9.84 Å². The van der Waals surface area contributed by atoms with Gasteiger partial charge in [0.25, 0.3) is 0 Å². The maximum absolute atomic E-state index is 12.5. The molecule has 3 rings (SSSR count). The minimum Gasteiger partial charge on any atom is -0.368 e. The zero-order valence-electron chi connectivity index (χ0n) is 18.5. The molecule has 2 N–H and O–H groups in total. The molecular weight excluding hydrogens is 483 g/mol. The smallest absolute Gasteiger partial charge is 0.222 e. The summed E-state index contributed by atoms with van der Waals surface area (Å²) in [6.45, 7) is 2.69. The predicted octanol–water partition coefficient (Wildman–Crippen LogP) is 3.15. The maximum atomic E-state index is 12.5. The zero-order chi connectivity index (χ0) is 23.8. The molecule has 0 aromatic heterocycles. The van der Waals surface area contributed by atoms with E-state index >= 15 is 0 Å². The number of nitrogens with zero attached hydrogens (tertiary/aromatic N) is 2. The number of carbonyl (C=O) groups excluding carboxylic acids is 1. The van der Waals surface area contributed by atoms with Gasteiger partial charge in [0, 0.05) is 32.1 Å². The monoisotopic (exact) mass is 510 g/mol.